The summed E-state index contributed by atoms with van der Waals surface area (Å²) in [6, 6.07) is 13.5. The molecule has 1 amide bonds. The highest BCUT2D eigenvalue weighted by Crippen LogP contribution is 2.38. The van der Waals surface area contributed by atoms with E-state index in [-0.39, 0.29) is 11.9 Å². The number of halogens is 1. The molecule has 7 heteroatoms. The maximum atomic E-state index is 12.7. The maximum Gasteiger partial charge on any atom is 0.244 e. The Bertz CT molecular complexity index is 898. The fourth-order valence-electron chi connectivity index (χ4n) is 3.58. The molecule has 4 rings (SSSR count). The average molecular weight is 429 g/mol. The lowest BCUT2D eigenvalue weighted by atomic mass is 10.1. The van der Waals surface area contributed by atoms with Crippen LogP contribution in [0.1, 0.15) is 17.2 Å². The highest BCUT2D eigenvalue weighted by atomic mass is 35.5. The van der Waals surface area contributed by atoms with Crippen molar-refractivity contribution in [2.24, 2.45) is 0 Å². The number of hydrogen-bond donors (Lipinski definition) is 1. The molecule has 2 aliphatic rings. The van der Waals surface area contributed by atoms with Gasteiger partial charge in [0.05, 0.1) is 24.3 Å². The van der Waals surface area contributed by atoms with E-state index in [1.54, 1.807) is 12.1 Å². The first-order chi connectivity index (χ1) is 14.7. The summed E-state index contributed by atoms with van der Waals surface area (Å²) < 4.78 is 16.6. The molecule has 1 atom stereocenters. The van der Waals surface area contributed by atoms with Crippen molar-refractivity contribution in [3.63, 3.8) is 0 Å². The van der Waals surface area contributed by atoms with Gasteiger partial charge in [0.1, 0.15) is 13.2 Å². The quantitative estimate of drug-likeness (QED) is 0.715. The van der Waals surface area contributed by atoms with E-state index >= 15 is 0 Å². The predicted molar refractivity (Wildman–Crippen MR) is 116 cm³/mol. The Hall–Kier alpha value is -2.54. The topological polar surface area (TPSA) is 60.0 Å². The number of carbonyl (C=O) groups excluding carboxylic acids is 1. The Morgan fingerprint density at radius 1 is 1.10 bits per heavy atom. The number of carbonyl (C=O) groups is 1. The fourth-order valence-corrected chi connectivity index (χ4v) is 3.85. The number of ether oxygens (including phenoxy) is 3. The average Bonchev–Trinajstić information content (AvgIpc) is 2.79. The largest absolute Gasteiger partial charge is 0.486 e. The van der Waals surface area contributed by atoms with Gasteiger partial charge in [-0.3, -0.25) is 9.69 Å². The first-order valence-electron chi connectivity index (χ1n) is 10.1. The summed E-state index contributed by atoms with van der Waals surface area (Å²) in [6.45, 7) is 4.88. The third-order valence-corrected chi connectivity index (χ3v) is 5.39. The van der Waals surface area contributed by atoms with Crippen LogP contribution in [0.15, 0.2) is 48.5 Å². The Balaban J connectivity index is 1.45. The van der Waals surface area contributed by atoms with Gasteiger partial charge in [-0.15, -0.1) is 0 Å². The lowest BCUT2D eigenvalue weighted by molar-refractivity contribution is -0.117. The molecule has 158 valence electrons. The molecule has 2 aromatic carbocycles. The van der Waals surface area contributed by atoms with Crippen LogP contribution >= 0.6 is 11.6 Å². The third kappa shape index (κ3) is 5.33. The number of amides is 1. The van der Waals surface area contributed by atoms with Crippen molar-refractivity contribution in [3.8, 4) is 11.5 Å². The molecule has 0 unspecified atom stereocenters. The van der Waals surface area contributed by atoms with Crippen LogP contribution in [0.3, 0.4) is 0 Å². The lowest BCUT2D eigenvalue weighted by Crippen LogP contribution is -2.42. The second-order valence-electron chi connectivity index (χ2n) is 7.25. The van der Waals surface area contributed by atoms with Crippen LogP contribution in [0.2, 0.25) is 5.02 Å². The number of benzene rings is 2. The van der Waals surface area contributed by atoms with Gasteiger partial charge in [0.15, 0.2) is 11.5 Å². The Morgan fingerprint density at radius 2 is 1.87 bits per heavy atom. The number of morpholine rings is 1. The number of nitrogens with zero attached hydrogens (tertiary/aromatic N) is 1. The number of fused-ring (bicyclic) bond motifs is 1. The van der Waals surface area contributed by atoms with E-state index in [4.69, 9.17) is 25.8 Å². The van der Waals surface area contributed by atoms with Crippen LogP contribution in [0.25, 0.3) is 6.08 Å². The first kappa shape index (κ1) is 20.7. The normalized spacial score (nSPS) is 17.6. The van der Waals surface area contributed by atoms with Crippen molar-refractivity contribution in [3.05, 3.63) is 64.7 Å². The minimum Gasteiger partial charge on any atom is -0.486 e. The standard InChI is InChI=1S/C23H25ClN2O4/c24-19-14-17(15-21-23(19)30-13-12-29-21)6-7-22(27)25-20(18-4-2-1-3-5-18)16-26-8-10-28-11-9-26/h1-7,14-15,20H,8-13,16H2,(H,25,27)/b7-6+/t20-/m0/s1. The highest BCUT2D eigenvalue weighted by molar-refractivity contribution is 6.32. The maximum absolute atomic E-state index is 12.7. The van der Waals surface area contributed by atoms with Crippen LogP contribution in [0, 0.1) is 0 Å². The van der Waals surface area contributed by atoms with Crippen molar-refractivity contribution >= 4 is 23.6 Å². The van der Waals surface area contributed by atoms with E-state index in [1.807, 2.05) is 36.4 Å². The zero-order chi connectivity index (χ0) is 20.8. The summed E-state index contributed by atoms with van der Waals surface area (Å²) in [5.41, 5.74) is 1.86. The molecular weight excluding hydrogens is 404 g/mol. The third-order valence-electron chi connectivity index (χ3n) is 5.11. The minimum atomic E-state index is -0.164. The molecular formula is C23H25ClN2O4. The van der Waals surface area contributed by atoms with Gasteiger partial charge in [0.2, 0.25) is 5.91 Å². The fraction of sp³-hybridized carbons (Fsp3) is 0.348. The summed E-state index contributed by atoms with van der Waals surface area (Å²) in [5, 5.41) is 3.60. The van der Waals surface area contributed by atoms with Crippen LogP contribution < -0.4 is 14.8 Å². The first-order valence-corrected chi connectivity index (χ1v) is 10.5. The van der Waals surface area contributed by atoms with Gasteiger partial charge < -0.3 is 19.5 Å². The Labute approximate surface area is 181 Å². The van der Waals surface area contributed by atoms with Crippen LogP contribution in [0.4, 0.5) is 0 Å². The molecule has 30 heavy (non-hydrogen) atoms. The second-order valence-corrected chi connectivity index (χ2v) is 7.65. The number of hydrogen-bond acceptors (Lipinski definition) is 5. The van der Waals surface area contributed by atoms with Gasteiger partial charge in [-0.2, -0.15) is 0 Å². The van der Waals surface area contributed by atoms with Gasteiger partial charge in [-0.25, -0.2) is 0 Å². The minimum absolute atomic E-state index is 0.106. The van der Waals surface area contributed by atoms with Gasteiger partial charge in [0.25, 0.3) is 0 Å². The molecule has 2 aliphatic heterocycles. The molecule has 1 saturated heterocycles. The summed E-state index contributed by atoms with van der Waals surface area (Å²) in [4.78, 5) is 15.0. The van der Waals surface area contributed by atoms with Crippen molar-refractivity contribution in [1.82, 2.24) is 10.2 Å². The monoisotopic (exact) mass is 428 g/mol. The Morgan fingerprint density at radius 3 is 2.67 bits per heavy atom. The van der Waals surface area contributed by atoms with Gasteiger partial charge in [-0.1, -0.05) is 41.9 Å². The SMILES string of the molecule is O=C(/C=C/c1cc(Cl)c2c(c1)OCCO2)N[C@@H](CN1CCOCC1)c1ccccc1. The van der Waals surface area contributed by atoms with Crippen molar-refractivity contribution in [1.29, 1.82) is 0 Å². The van der Waals surface area contributed by atoms with Crippen molar-refractivity contribution < 1.29 is 19.0 Å². The van der Waals surface area contributed by atoms with Crippen LogP contribution in [-0.4, -0.2) is 56.9 Å². The van der Waals surface area contributed by atoms with E-state index < -0.39 is 0 Å². The van der Waals surface area contributed by atoms with E-state index in [9.17, 15) is 4.79 Å². The second kappa shape index (κ2) is 9.98. The molecule has 0 bridgehead atoms. The van der Waals surface area contributed by atoms with E-state index in [2.05, 4.69) is 10.2 Å². The zero-order valence-corrected chi connectivity index (χ0v) is 17.4. The molecule has 2 aromatic rings. The summed E-state index contributed by atoms with van der Waals surface area (Å²) in [7, 11) is 0. The van der Waals surface area contributed by atoms with Crippen molar-refractivity contribution in [2.75, 3.05) is 46.1 Å². The number of nitrogens with one attached hydrogen (secondary N) is 1. The zero-order valence-electron chi connectivity index (χ0n) is 16.7. The van der Waals surface area contributed by atoms with Crippen molar-refractivity contribution in [2.45, 2.75) is 6.04 Å². The smallest absolute Gasteiger partial charge is 0.244 e. The molecule has 0 radical (unpaired) electrons. The molecule has 2 heterocycles. The summed E-state index contributed by atoms with van der Waals surface area (Å²) in [6.07, 6.45) is 3.26. The molecule has 0 aliphatic carbocycles. The van der Waals surface area contributed by atoms with Gasteiger partial charge >= 0.3 is 0 Å². The van der Waals surface area contributed by atoms with Crippen LogP contribution in [-0.2, 0) is 9.53 Å². The highest BCUT2D eigenvalue weighted by Gasteiger charge is 2.20. The van der Waals surface area contributed by atoms with Gasteiger partial charge in [-0.05, 0) is 29.3 Å². The van der Waals surface area contributed by atoms with E-state index in [0.29, 0.717) is 29.7 Å². The lowest BCUT2D eigenvalue weighted by Gasteiger charge is -2.31. The van der Waals surface area contributed by atoms with Gasteiger partial charge in [0, 0.05) is 25.7 Å². The predicted octanol–water partition coefficient (Wildman–Crippen LogP) is 3.31. The number of rotatable bonds is 6. The van der Waals surface area contributed by atoms with E-state index in [1.165, 1.54) is 6.08 Å². The van der Waals surface area contributed by atoms with E-state index in [0.717, 1.165) is 44.0 Å². The summed E-state index contributed by atoms with van der Waals surface area (Å²) in [5.74, 6) is 0.991. The molecule has 0 aromatic heterocycles. The van der Waals surface area contributed by atoms with Crippen LogP contribution in [0.5, 0.6) is 11.5 Å². The summed E-state index contributed by atoms with van der Waals surface area (Å²) >= 11 is 6.28. The Kier molecular flexibility index (Phi) is 6.89. The molecule has 1 fully saturated rings. The molecule has 1 N–H and O–H groups in total. The molecule has 6 nitrogen and oxygen atoms in total. The molecule has 0 spiro atoms. The molecule has 0 saturated carbocycles.